The minimum absolute atomic E-state index is 0.382. The molecule has 0 aliphatic carbocycles. The molecule has 2 heteroatoms. The molecule has 4 atom stereocenters. The predicted octanol–water partition coefficient (Wildman–Crippen LogP) is 5.28. The lowest BCUT2D eigenvalue weighted by Crippen LogP contribution is -2.37. The molecule has 0 aromatic heterocycles. The fraction of sp³-hybridized carbons (Fsp3) is 0.909. The van der Waals surface area contributed by atoms with Crippen molar-refractivity contribution in [3.63, 3.8) is 0 Å². The van der Waals surface area contributed by atoms with Crippen molar-refractivity contribution >= 4 is 0 Å². The second-order valence-electron chi connectivity index (χ2n) is 7.73. The van der Waals surface area contributed by atoms with Crippen LogP contribution in [0.5, 0.6) is 0 Å². The summed E-state index contributed by atoms with van der Waals surface area (Å²) < 4.78 is 0. The van der Waals surface area contributed by atoms with E-state index in [0.29, 0.717) is 23.9 Å². The number of unbranched alkanes of at least 4 members (excludes halogenated alkanes) is 2. The Labute approximate surface area is 153 Å². The Kier molecular flexibility index (Phi) is 13.4. The largest absolute Gasteiger partial charge is 0.296 e. The molecule has 0 fully saturated rings. The van der Waals surface area contributed by atoms with Gasteiger partial charge in [0.1, 0.15) is 0 Å². The van der Waals surface area contributed by atoms with Gasteiger partial charge in [-0.1, -0.05) is 78.1 Å². The van der Waals surface area contributed by atoms with Gasteiger partial charge in [-0.25, -0.2) is 0 Å². The van der Waals surface area contributed by atoms with Gasteiger partial charge in [0.2, 0.25) is 0 Å². The first-order valence-electron chi connectivity index (χ1n) is 10.3. The molecule has 0 N–H and O–H groups in total. The monoisotopic (exact) mass is 336 g/mol. The highest BCUT2D eigenvalue weighted by molar-refractivity contribution is 5.16. The molecule has 0 bridgehead atoms. The number of hydrogen-bond donors (Lipinski definition) is 0. The average Bonchev–Trinajstić information content (AvgIpc) is 2.55. The zero-order valence-electron chi connectivity index (χ0n) is 17.9. The summed E-state index contributed by atoms with van der Waals surface area (Å²) >= 11 is 0. The van der Waals surface area contributed by atoms with E-state index >= 15 is 0 Å². The maximum absolute atomic E-state index is 3.69. The molecule has 0 unspecified atom stereocenters. The van der Waals surface area contributed by atoms with Crippen molar-refractivity contribution in [3.8, 4) is 11.8 Å². The normalized spacial score (nSPS) is 16.6. The number of rotatable bonds is 12. The van der Waals surface area contributed by atoms with Crippen LogP contribution in [0.25, 0.3) is 0 Å². The van der Waals surface area contributed by atoms with Crippen LogP contribution in [-0.4, -0.2) is 50.1 Å². The summed E-state index contributed by atoms with van der Waals surface area (Å²) in [4.78, 5) is 4.66. The number of nitrogens with zero attached hydrogens (tertiary/aromatic N) is 2. The van der Waals surface area contributed by atoms with E-state index in [1.165, 1.54) is 51.4 Å². The summed E-state index contributed by atoms with van der Waals surface area (Å²) in [7, 11) is 8.75. The zero-order chi connectivity index (χ0) is 18.5. The molecule has 24 heavy (non-hydrogen) atoms. The lowest BCUT2D eigenvalue weighted by Gasteiger charge is -2.30. The molecular weight excluding hydrogens is 292 g/mol. The molecule has 0 radical (unpaired) electrons. The maximum Gasteiger partial charge on any atom is 0.0738 e. The fourth-order valence-corrected chi connectivity index (χ4v) is 3.61. The van der Waals surface area contributed by atoms with E-state index < -0.39 is 0 Å². The van der Waals surface area contributed by atoms with E-state index in [9.17, 15) is 0 Å². The Bertz CT molecular complexity index is 319. The van der Waals surface area contributed by atoms with Gasteiger partial charge in [0.15, 0.2) is 0 Å². The van der Waals surface area contributed by atoms with Crippen LogP contribution in [0.1, 0.15) is 79.1 Å². The van der Waals surface area contributed by atoms with Gasteiger partial charge >= 0.3 is 0 Å². The summed E-state index contributed by atoms with van der Waals surface area (Å²) in [6.07, 6.45) is 10.2. The van der Waals surface area contributed by atoms with Gasteiger partial charge in [-0.2, -0.15) is 0 Å². The Balaban J connectivity index is 5.25. The highest BCUT2D eigenvalue weighted by Gasteiger charge is 2.22. The first-order chi connectivity index (χ1) is 11.4. The van der Waals surface area contributed by atoms with Crippen molar-refractivity contribution < 1.29 is 0 Å². The van der Waals surface area contributed by atoms with Crippen molar-refractivity contribution in [2.24, 2.45) is 11.8 Å². The second-order valence-corrected chi connectivity index (χ2v) is 7.73. The molecule has 0 rings (SSSR count). The molecule has 0 heterocycles. The molecule has 0 aromatic carbocycles. The quantitative estimate of drug-likeness (QED) is 0.447. The summed E-state index contributed by atoms with van der Waals surface area (Å²) in [5.74, 6) is 8.74. The minimum atomic E-state index is 0.382. The predicted molar refractivity (Wildman–Crippen MR) is 109 cm³/mol. The van der Waals surface area contributed by atoms with Crippen LogP contribution in [0.2, 0.25) is 0 Å². The third-order valence-corrected chi connectivity index (χ3v) is 5.29. The Morgan fingerprint density at radius 1 is 0.625 bits per heavy atom. The Morgan fingerprint density at radius 2 is 0.958 bits per heavy atom. The topological polar surface area (TPSA) is 6.48 Å². The first kappa shape index (κ1) is 23.5. The first-order valence-corrected chi connectivity index (χ1v) is 10.3. The van der Waals surface area contributed by atoms with Gasteiger partial charge in [0.25, 0.3) is 0 Å². The third-order valence-electron chi connectivity index (χ3n) is 5.29. The van der Waals surface area contributed by atoms with Crippen LogP contribution in [-0.2, 0) is 0 Å². The Hall–Kier alpha value is -0.520. The smallest absolute Gasteiger partial charge is 0.0738 e. The van der Waals surface area contributed by atoms with E-state index in [1.807, 2.05) is 0 Å². The van der Waals surface area contributed by atoms with Gasteiger partial charge in [-0.3, -0.25) is 9.80 Å². The molecule has 142 valence electrons. The van der Waals surface area contributed by atoms with Crippen molar-refractivity contribution in [2.45, 2.75) is 91.1 Å². The standard InChI is InChI=1S/C22H44N2/c1-9-13-15-19(11-3)21(23(5)6)17-18-22(24(7)8)20(12-4)16-14-10-2/h19-22H,9-16H2,1-8H3/t19-,20-,21-,22-/m0/s1. The van der Waals surface area contributed by atoms with Crippen molar-refractivity contribution in [2.75, 3.05) is 28.2 Å². The highest BCUT2D eigenvalue weighted by atomic mass is 15.1. The van der Waals surface area contributed by atoms with Gasteiger partial charge in [0.05, 0.1) is 12.1 Å². The van der Waals surface area contributed by atoms with E-state index in [4.69, 9.17) is 0 Å². The van der Waals surface area contributed by atoms with Gasteiger partial charge in [0, 0.05) is 0 Å². The van der Waals surface area contributed by atoms with Crippen molar-refractivity contribution in [1.29, 1.82) is 0 Å². The van der Waals surface area contributed by atoms with Gasteiger partial charge < -0.3 is 0 Å². The maximum atomic E-state index is 3.69. The molecule has 0 aliphatic rings. The molecule has 0 aromatic rings. The molecule has 0 spiro atoms. The van der Waals surface area contributed by atoms with E-state index in [1.54, 1.807) is 0 Å². The third kappa shape index (κ3) is 8.54. The van der Waals surface area contributed by atoms with Crippen LogP contribution in [0.15, 0.2) is 0 Å². The molecule has 0 amide bonds. The Morgan fingerprint density at radius 3 is 1.17 bits per heavy atom. The molecule has 0 aliphatic heterocycles. The second kappa shape index (κ2) is 13.7. The molecule has 2 nitrogen and oxygen atoms in total. The van der Waals surface area contributed by atoms with Crippen molar-refractivity contribution in [3.05, 3.63) is 0 Å². The van der Waals surface area contributed by atoms with Crippen LogP contribution >= 0.6 is 0 Å². The van der Waals surface area contributed by atoms with Gasteiger partial charge in [-0.15, -0.1) is 0 Å². The van der Waals surface area contributed by atoms with Crippen molar-refractivity contribution in [1.82, 2.24) is 9.80 Å². The lowest BCUT2D eigenvalue weighted by atomic mass is 9.88. The van der Waals surface area contributed by atoms with Crippen LogP contribution in [0.4, 0.5) is 0 Å². The minimum Gasteiger partial charge on any atom is -0.296 e. The van der Waals surface area contributed by atoms with E-state index in [-0.39, 0.29) is 0 Å². The molecule has 0 saturated heterocycles. The summed E-state index contributed by atoms with van der Waals surface area (Å²) in [5, 5.41) is 0. The molecular formula is C22H44N2. The fourth-order valence-electron chi connectivity index (χ4n) is 3.61. The summed E-state index contributed by atoms with van der Waals surface area (Å²) in [5.41, 5.74) is 0. The van der Waals surface area contributed by atoms with Crippen LogP contribution < -0.4 is 0 Å². The van der Waals surface area contributed by atoms with Crippen LogP contribution in [0, 0.1) is 23.7 Å². The number of hydrogen-bond acceptors (Lipinski definition) is 2. The average molecular weight is 337 g/mol. The highest BCUT2D eigenvalue weighted by Crippen LogP contribution is 2.22. The van der Waals surface area contributed by atoms with E-state index in [2.05, 4.69) is 77.5 Å². The van der Waals surface area contributed by atoms with Gasteiger partial charge in [-0.05, 0) is 52.9 Å². The van der Waals surface area contributed by atoms with E-state index in [0.717, 1.165) is 0 Å². The zero-order valence-corrected chi connectivity index (χ0v) is 17.9. The summed E-state index contributed by atoms with van der Waals surface area (Å²) in [6, 6.07) is 0.764. The SMILES string of the molecule is CCCC[C@H](CC)[C@H](C#C[C@@H]([C@@H](CC)CCCC)N(C)C)N(C)C. The van der Waals surface area contributed by atoms with Crippen LogP contribution in [0.3, 0.4) is 0 Å². The lowest BCUT2D eigenvalue weighted by molar-refractivity contribution is 0.234. The summed E-state index contributed by atoms with van der Waals surface area (Å²) in [6.45, 7) is 9.20. The molecule has 0 saturated carbocycles.